The lowest BCUT2D eigenvalue weighted by atomic mass is 9.87. The van der Waals surface area contributed by atoms with Crippen molar-refractivity contribution in [1.82, 2.24) is 5.32 Å². The summed E-state index contributed by atoms with van der Waals surface area (Å²) in [6.45, 7) is 0.0902. The average Bonchev–Trinajstić information content (AvgIpc) is 2.46. The van der Waals surface area contributed by atoms with Gasteiger partial charge < -0.3 is 10.4 Å². The fourth-order valence-electron chi connectivity index (χ4n) is 2.77. The summed E-state index contributed by atoms with van der Waals surface area (Å²) in [5.74, 6) is 0. The molecule has 0 bridgehead atoms. The van der Waals surface area contributed by atoms with Gasteiger partial charge in [0.25, 0.3) is 0 Å². The zero-order chi connectivity index (χ0) is 14.1. The smallest absolute Gasteiger partial charge is 0.0597 e. The van der Waals surface area contributed by atoms with Crippen LogP contribution in [0.1, 0.15) is 22.7 Å². The summed E-state index contributed by atoms with van der Waals surface area (Å²) in [6.07, 6.45) is 0.771. The molecule has 0 fully saturated rings. The lowest BCUT2D eigenvalue weighted by Crippen LogP contribution is -2.42. The third-order valence-corrected chi connectivity index (χ3v) is 4.30. The molecule has 0 aromatic heterocycles. The van der Waals surface area contributed by atoms with Gasteiger partial charge in [-0.15, -0.1) is 0 Å². The van der Waals surface area contributed by atoms with Gasteiger partial charge in [0, 0.05) is 16.1 Å². The zero-order valence-corrected chi connectivity index (χ0v) is 12.3. The van der Waals surface area contributed by atoms with Crippen molar-refractivity contribution < 1.29 is 5.11 Å². The lowest BCUT2D eigenvalue weighted by molar-refractivity contribution is 0.229. The molecular formula is C16H15Cl2NO. The number of nitrogens with one attached hydrogen (secondary N) is 1. The highest BCUT2D eigenvalue weighted by Crippen LogP contribution is 2.35. The monoisotopic (exact) mass is 307 g/mol. The van der Waals surface area contributed by atoms with Crippen molar-refractivity contribution in [3.05, 3.63) is 69.2 Å². The predicted molar refractivity (Wildman–Crippen MR) is 82.5 cm³/mol. The van der Waals surface area contributed by atoms with Gasteiger partial charge in [0.15, 0.2) is 0 Å². The molecule has 20 heavy (non-hydrogen) atoms. The molecule has 0 radical (unpaired) electrons. The Morgan fingerprint density at radius 3 is 2.65 bits per heavy atom. The van der Waals surface area contributed by atoms with E-state index in [2.05, 4.69) is 5.32 Å². The second-order valence-electron chi connectivity index (χ2n) is 5.05. The van der Waals surface area contributed by atoms with Crippen LogP contribution in [-0.2, 0) is 6.42 Å². The Kier molecular flexibility index (Phi) is 3.99. The zero-order valence-electron chi connectivity index (χ0n) is 10.8. The van der Waals surface area contributed by atoms with Crippen LogP contribution in [0, 0.1) is 0 Å². The Morgan fingerprint density at radius 1 is 1.10 bits per heavy atom. The van der Waals surface area contributed by atoms with Crippen molar-refractivity contribution in [1.29, 1.82) is 0 Å². The summed E-state index contributed by atoms with van der Waals surface area (Å²) < 4.78 is 0. The number of hydrogen-bond acceptors (Lipinski definition) is 2. The van der Waals surface area contributed by atoms with E-state index in [-0.39, 0.29) is 18.7 Å². The SMILES string of the molecule is OC[C@@H]1Cc2cc(Cl)ccc2[C@H](c2ccccc2Cl)N1. The normalized spacial score (nSPS) is 21.6. The van der Waals surface area contributed by atoms with Gasteiger partial charge in [0.05, 0.1) is 12.6 Å². The quantitative estimate of drug-likeness (QED) is 0.888. The number of hydrogen-bond donors (Lipinski definition) is 2. The molecule has 1 aliphatic heterocycles. The number of rotatable bonds is 2. The summed E-state index contributed by atoms with van der Waals surface area (Å²) in [7, 11) is 0. The highest BCUT2D eigenvalue weighted by Gasteiger charge is 2.28. The van der Waals surface area contributed by atoms with E-state index in [4.69, 9.17) is 23.2 Å². The van der Waals surface area contributed by atoms with E-state index < -0.39 is 0 Å². The van der Waals surface area contributed by atoms with Crippen LogP contribution < -0.4 is 5.32 Å². The van der Waals surface area contributed by atoms with Crippen molar-refractivity contribution in [2.45, 2.75) is 18.5 Å². The van der Waals surface area contributed by atoms with Gasteiger partial charge in [-0.1, -0.05) is 47.5 Å². The van der Waals surface area contributed by atoms with Gasteiger partial charge >= 0.3 is 0 Å². The predicted octanol–water partition coefficient (Wildman–Crippen LogP) is 3.59. The van der Waals surface area contributed by atoms with E-state index >= 15 is 0 Å². The molecule has 1 aliphatic rings. The molecule has 4 heteroatoms. The second-order valence-corrected chi connectivity index (χ2v) is 5.89. The van der Waals surface area contributed by atoms with E-state index in [9.17, 15) is 5.11 Å². The van der Waals surface area contributed by atoms with Gasteiger partial charge in [0.1, 0.15) is 0 Å². The maximum Gasteiger partial charge on any atom is 0.0597 e. The van der Waals surface area contributed by atoms with E-state index in [1.165, 1.54) is 11.1 Å². The molecule has 2 aromatic carbocycles. The van der Waals surface area contributed by atoms with Crippen LogP contribution in [0.5, 0.6) is 0 Å². The van der Waals surface area contributed by atoms with Crippen molar-refractivity contribution in [2.24, 2.45) is 0 Å². The molecule has 2 atom stereocenters. The van der Waals surface area contributed by atoms with E-state index in [0.717, 1.165) is 22.0 Å². The summed E-state index contributed by atoms with van der Waals surface area (Å²) in [4.78, 5) is 0. The molecule has 0 saturated carbocycles. The van der Waals surface area contributed by atoms with Gasteiger partial charge in [-0.25, -0.2) is 0 Å². The van der Waals surface area contributed by atoms with Crippen LogP contribution in [-0.4, -0.2) is 17.8 Å². The topological polar surface area (TPSA) is 32.3 Å². The van der Waals surface area contributed by atoms with Crippen LogP contribution >= 0.6 is 23.2 Å². The Morgan fingerprint density at radius 2 is 1.90 bits per heavy atom. The van der Waals surface area contributed by atoms with Gasteiger partial charge in [0.2, 0.25) is 0 Å². The molecular weight excluding hydrogens is 293 g/mol. The summed E-state index contributed by atoms with van der Waals surface area (Å²) in [6, 6.07) is 13.7. The van der Waals surface area contributed by atoms with Crippen molar-refractivity contribution >= 4 is 23.2 Å². The van der Waals surface area contributed by atoms with Crippen molar-refractivity contribution in [2.75, 3.05) is 6.61 Å². The maximum absolute atomic E-state index is 9.49. The number of aliphatic hydroxyl groups is 1. The number of halogens is 2. The molecule has 0 spiro atoms. The first kappa shape index (κ1) is 13.9. The van der Waals surface area contributed by atoms with Crippen LogP contribution in [0.25, 0.3) is 0 Å². The first-order valence-electron chi connectivity index (χ1n) is 6.58. The summed E-state index contributed by atoms with van der Waals surface area (Å²) >= 11 is 12.4. The van der Waals surface area contributed by atoms with E-state index in [1.54, 1.807) is 0 Å². The minimum Gasteiger partial charge on any atom is -0.395 e. The standard InChI is InChI=1S/C16H15Cl2NO/c17-11-5-6-13-10(7-11)8-12(9-20)19-16(13)14-3-1-2-4-15(14)18/h1-7,12,16,19-20H,8-9H2/t12-,16+/m0/s1. The Balaban J connectivity index is 2.10. The Bertz CT molecular complexity index is 630. The third kappa shape index (κ3) is 2.57. The average molecular weight is 308 g/mol. The van der Waals surface area contributed by atoms with Crippen molar-refractivity contribution in [3.63, 3.8) is 0 Å². The largest absolute Gasteiger partial charge is 0.395 e. The number of aliphatic hydroxyl groups excluding tert-OH is 1. The fourth-order valence-corrected chi connectivity index (χ4v) is 3.21. The van der Waals surface area contributed by atoms with Crippen LogP contribution in [0.4, 0.5) is 0 Å². The summed E-state index contributed by atoms with van der Waals surface area (Å²) in [5, 5.41) is 14.4. The molecule has 2 N–H and O–H groups in total. The molecule has 2 nitrogen and oxygen atoms in total. The van der Waals surface area contributed by atoms with Crippen LogP contribution in [0.15, 0.2) is 42.5 Å². The van der Waals surface area contributed by atoms with Crippen LogP contribution in [0.2, 0.25) is 10.0 Å². The Hall–Kier alpha value is -1.06. The molecule has 1 heterocycles. The molecule has 0 amide bonds. The minimum absolute atomic E-state index is 0.0122. The fraction of sp³-hybridized carbons (Fsp3) is 0.250. The first-order chi connectivity index (χ1) is 9.69. The van der Waals surface area contributed by atoms with Gasteiger partial charge in [-0.2, -0.15) is 0 Å². The Labute approximate surface area is 128 Å². The highest BCUT2D eigenvalue weighted by molar-refractivity contribution is 6.31. The molecule has 2 aromatic rings. The molecule has 0 saturated heterocycles. The van der Waals surface area contributed by atoms with Gasteiger partial charge in [-0.3, -0.25) is 0 Å². The highest BCUT2D eigenvalue weighted by atomic mass is 35.5. The molecule has 3 rings (SSSR count). The number of fused-ring (bicyclic) bond motifs is 1. The third-order valence-electron chi connectivity index (χ3n) is 3.72. The van der Waals surface area contributed by atoms with E-state index in [1.807, 2.05) is 42.5 Å². The molecule has 0 aliphatic carbocycles. The number of benzene rings is 2. The lowest BCUT2D eigenvalue weighted by Gasteiger charge is -2.33. The first-order valence-corrected chi connectivity index (χ1v) is 7.34. The van der Waals surface area contributed by atoms with Crippen molar-refractivity contribution in [3.8, 4) is 0 Å². The molecule has 104 valence electrons. The van der Waals surface area contributed by atoms with Gasteiger partial charge in [-0.05, 0) is 41.3 Å². The van der Waals surface area contributed by atoms with E-state index in [0.29, 0.717) is 0 Å². The second kappa shape index (κ2) is 5.74. The van der Waals surface area contributed by atoms with Crippen LogP contribution in [0.3, 0.4) is 0 Å². The summed E-state index contributed by atoms with van der Waals surface area (Å²) in [5.41, 5.74) is 3.36. The minimum atomic E-state index is -0.0122. The maximum atomic E-state index is 9.49. The molecule has 0 unspecified atom stereocenters.